The lowest BCUT2D eigenvalue weighted by Gasteiger charge is -2.17. The number of benzene rings is 1. The molecule has 1 amide bonds. The van der Waals surface area contributed by atoms with E-state index in [0.29, 0.717) is 0 Å². The van der Waals surface area contributed by atoms with Crippen LogP contribution >= 0.6 is 0 Å². The molecule has 16 heavy (non-hydrogen) atoms. The number of hydrogen-bond donors (Lipinski definition) is 0. The summed E-state index contributed by atoms with van der Waals surface area (Å²) in [7, 11) is 0. The predicted molar refractivity (Wildman–Crippen MR) is 62.7 cm³/mol. The summed E-state index contributed by atoms with van der Waals surface area (Å²) in [6, 6.07) is 11.8. The molecule has 2 heterocycles. The number of amides is 1. The Bertz CT molecular complexity index is 516. The normalized spacial score (nSPS) is 13.9. The first-order valence-corrected chi connectivity index (χ1v) is 5.39. The molecular formula is C13H12N2O. The predicted octanol–water partition coefficient (Wildman–Crippen LogP) is 2.52. The topological polar surface area (TPSA) is 25.2 Å². The average Bonchev–Trinajstić information content (AvgIpc) is 2.98. The molecule has 0 aliphatic carbocycles. The summed E-state index contributed by atoms with van der Waals surface area (Å²) in [6.45, 7) is 0.774. The molecule has 1 aromatic heterocycles. The number of para-hydroxylation sites is 1. The highest BCUT2D eigenvalue weighted by Crippen LogP contribution is 2.27. The van der Waals surface area contributed by atoms with Gasteiger partial charge < -0.3 is 0 Å². The number of carbonyl (C=O) groups is 1. The lowest BCUT2D eigenvalue weighted by Crippen LogP contribution is -2.32. The molecule has 3 rings (SSSR count). The van der Waals surface area contributed by atoms with Gasteiger partial charge in [0.25, 0.3) is 0 Å². The average molecular weight is 212 g/mol. The van der Waals surface area contributed by atoms with Gasteiger partial charge >= 0.3 is 6.03 Å². The summed E-state index contributed by atoms with van der Waals surface area (Å²) in [6.07, 6.45) is 4.51. The third-order valence-electron chi connectivity index (χ3n) is 2.94. The molecule has 80 valence electrons. The lowest BCUT2D eigenvalue weighted by atomic mass is 10.2. The summed E-state index contributed by atoms with van der Waals surface area (Å²) in [5.41, 5.74) is 2.30. The number of hydrogen-bond acceptors (Lipinski definition) is 1. The van der Waals surface area contributed by atoms with Crippen LogP contribution in [0.3, 0.4) is 0 Å². The maximum absolute atomic E-state index is 12.2. The van der Waals surface area contributed by atoms with Gasteiger partial charge in [-0.3, -0.25) is 9.47 Å². The van der Waals surface area contributed by atoms with Crippen molar-refractivity contribution in [3.63, 3.8) is 0 Å². The number of fused-ring (bicyclic) bond motifs is 1. The van der Waals surface area contributed by atoms with Gasteiger partial charge in [0.2, 0.25) is 0 Å². The quantitative estimate of drug-likeness (QED) is 0.658. The first-order valence-electron chi connectivity index (χ1n) is 5.39. The van der Waals surface area contributed by atoms with E-state index in [4.69, 9.17) is 0 Å². The van der Waals surface area contributed by atoms with Crippen molar-refractivity contribution >= 4 is 11.7 Å². The zero-order chi connectivity index (χ0) is 11.0. The molecule has 0 atom stereocenters. The molecule has 2 aromatic rings. The Labute approximate surface area is 93.9 Å². The fraction of sp³-hybridized carbons (Fsp3) is 0.154. The second-order valence-corrected chi connectivity index (χ2v) is 3.90. The number of rotatable bonds is 0. The lowest BCUT2D eigenvalue weighted by molar-refractivity contribution is 0.248. The molecule has 1 aromatic carbocycles. The molecule has 0 unspecified atom stereocenters. The molecule has 3 heteroatoms. The van der Waals surface area contributed by atoms with Crippen molar-refractivity contribution in [1.82, 2.24) is 4.57 Å². The van der Waals surface area contributed by atoms with Gasteiger partial charge in [0.05, 0.1) is 0 Å². The molecule has 0 saturated heterocycles. The molecule has 1 aliphatic heterocycles. The Kier molecular flexibility index (Phi) is 2.03. The highest BCUT2D eigenvalue weighted by molar-refractivity contribution is 5.95. The zero-order valence-corrected chi connectivity index (χ0v) is 8.84. The summed E-state index contributed by atoms with van der Waals surface area (Å²) >= 11 is 0. The maximum Gasteiger partial charge on any atom is 0.332 e. The first-order chi connectivity index (χ1) is 7.86. The third-order valence-corrected chi connectivity index (χ3v) is 2.94. The minimum absolute atomic E-state index is 0.0231. The van der Waals surface area contributed by atoms with E-state index in [1.807, 2.05) is 35.2 Å². The van der Waals surface area contributed by atoms with E-state index in [0.717, 1.165) is 18.7 Å². The number of carbonyl (C=O) groups excluding carboxylic acids is 1. The van der Waals surface area contributed by atoms with E-state index < -0.39 is 0 Å². The Hall–Kier alpha value is -2.03. The van der Waals surface area contributed by atoms with Gasteiger partial charge in [0, 0.05) is 24.6 Å². The molecule has 0 radical (unpaired) electrons. The first kappa shape index (κ1) is 9.21. The van der Waals surface area contributed by atoms with Crippen molar-refractivity contribution in [2.45, 2.75) is 6.42 Å². The smallest absolute Gasteiger partial charge is 0.293 e. The Morgan fingerprint density at radius 2 is 1.81 bits per heavy atom. The van der Waals surface area contributed by atoms with E-state index in [-0.39, 0.29) is 6.03 Å². The van der Waals surface area contributed by atoms with Crippen LogP contribution in [-0.4, -0.2) is 17.1 Å². The van der Waals surface area contributed by atoms with Crippen LogP contribution in [0.5, 0.6) is 0 Å². The van der Waals surface area contributed by atoms with Gasteiger partial charge in [-0.25, -0.2) is 4.79 Å². The van der Waals surface area contributed by atoms with Crippen LogP contribution in [0.4, 0.5) is 10.5 Å². The standard InChI is InChI=1S/C13H12N2O/c16-13(14-8-3-4-9-14)15-10-7-11-5-1-2-6-12(11)15/h1-6,8-9H,7,10H2. The fourth-order valence-electron chi connectivity index (χ4n) is 2.14. The Balaban J connectivity index is 1.96. The molecular weight excluding hydrogens is 200 g/mol. The minimum atomic E-state index is 0.0231. The summed E-state index contributed by atoms with van der Waals surface area (Å²) in [5.74, 6) is 0. The van der Waals surface area contributed by atoms with Crippen LogP contribution in [0, 0.1) is 0 Å². The fourth-order valence-corrected chi connectivity index (χ4v) is 2.14. The minimum Gasteiger partial charge on any atom is -0.293 e. The van der Waals surface area contributed by atoms with Crippen molar-refractivity contribution in [3.8, 4) is 0 Å². The molecule has 0 fully saturated rings. The van der Waals surface area contributed by atoms with Crippen LogP contribution in [0.1, 0.15) is 5.56 Å². The van der Waals surface area contributed by atoms with E-state index >= 15 is 0 Å². The van der Waals surface area contributed by atoms with Crippen LogP contribution in [0.2, 0.25) is 0 Å². The van der Waals surface area contributed by atoms with Crippen molar-refractivity contribution in [2.24, 2.45) is 0 Å². The van der Waals surface area contributed by atoms with Crippen LogP contribution in [0.15, 0.2) is 48.8 Å². The Morgan fingerprint density at radius 1 is 1.06 bits per heavy atom. The maximum atomic E-state index is 12.2. The van der Waals surface area contributed by atoms with Gasteiger partial charge in [-0.1, -0.05) is 18.2 Å². The molecule has 0 spiro atoms. The van der Waals surface area contributed by atoms with Crippen molar-refractivity contribution in [1.29, 1.82) is 0 Å². The van der Waals surface area contributed by atoms with Crippen LogP contribution in [0.25, 0.3) is 0 Å². The third kappa shape index (κ3) is 1.33. The van der Waals surface area contributed by atoms with E-state index in [1.54, 1.807) is 17.0 Å². The van der Waals surface area contributed by atoms with Crippen LogP contribution < -0.4 is 4.90 Å². The van der Waals surface area contributed by atoms with E-state index in [1.165, 1.54) is 5.56 Å². The number of anilines is 1. The van der Waals surface area contributed by atoms with E-state index in [2.05, 4.69) is 6.07 Å². The molecule has 3 nitrogen and oxygen atoms in total. The van der Waals surface area contributed by atoms with Crippen molar-refractivity contribution in [3.05, 3.63) is 54.4 Å². The zero-order valence-electron chi connectivity index (χ0n) is 8.84. The molecule has 0 saturated carbocycles. The molecule has 0 bridgehead atoms. The van der Waals surface area contributed by atoms with Gasteiger partial charge in [0.15, 0.2) is 0 Å². The van der Waals surface area contributed by atoms with Crippen molar-refractivity contribution in [2.75, 3.05) is 11.4 Å². The summed E-state index contributed by atoms with van der Waals surface area (Å²) in [5, 5.41) is 0. The second-order valence-electron chi connectivity index (χ2n) is 3.90. The van der Waals surface area contributed by atoms with Gasteiger partial charge in [0.1, 0.15) is 0 Å². The van der Waals surface area contributed by atoms with Crippen molar-refractivity contribution < 1.29 is 4.79 Å². The number of nitrogens with zero attached hydrogens (tertiary/aromatic N) is 2. The highest BCUT2D eigenvalue weighted by Gasteiger charge is 2.24. The van der Waals surface area contributed by atoms with Crippen LogP contribution in [-0.2, 0) is 6.42 Å². The highest BCUT2D eigenvalue weighted by atomic mass is 16.2. The van der Waals surface area contributed by atoms with Gasteiger partial charge in [-0.05, 0) is 30.2 Å². The molecule has 1 aliphatic rings. The van der Waals surface area contributed by atoms with Gasteiger partial charge in [-0.15, -0.1) is 0 Å². The second kappa shape index (κ2) is 3.52. The monoisotopic (exact) mass is 212 g/mol. The number of aromatic nitrogens is 1. The molecule has 0 N–H and O–H groups in total. The van der Waals surface area contributed by atoms with E-state index in [9.17, 15) is 4.79 Å². The Morgan fingerprint density at radius 3 is 2.62 bits per heavy atom. The summed E-state index contributed by atoms with van der Waals surface area (Å²) in [4.78, 5) is 14.0. The largest absolute Gasteiger partial charge is 0.332 e. The van der Waals surface area contributed by atoms with Gasteiger partial charge in [-0.2, -0.15) is 0 Å². The summed E-state index contributed by atoms with van der Waals surface area (Å²) < 4.78 is 1.61. The SMILES string of the molecule is O=C(N1CCc2ccccc21)n1cccc1.